The third kappa shape index (κ3) is 1.41. The van der Waals surface area contributed by atoms with Crippen molar-refractivity contribution in [1.82, 2.24) is 0 Å². The number of nitro groups is 1. The Kier molecular flexibility index (Phi) is 1.82. The van der Waals surface area contributed by atoms with Gasteiger partial charge in [0.05, 0.1) is 11.0 Å². The maximum atomic E-state index is 10.1. The Labute approximate surface area is 61.6 Å². The van der Waals surface area contributed by atoms with Crippen LogP contribution >= 0.6 is 11.6 Å². The lowest BCUT2D eigenvalue weighted by Crippen LogP contribution is -2.02. The second kappa shape index (κ2) is 2.62. The minimum atomic E-state index is -0.500. The lowest BCUT2D eigenvalue weighted by molar-refractivity contribution is -0.397. The number of nitrogens with zero attached hydrogens (tertiary/aromatic N) is 1. The molecule has 4 nitrogen and oxygen atoms in total. The van der Waals surface area contributed by atoms with Gasteiger partial charge in [0.25, 0.3) is 10.8 Å². The molecular weight excluding hydrogens is 156 g/mol. The van der Waals surface area contributed by atoms with Gasteiger partial charge in [0, 0.05) is 0 Å². The van der Waals surface area contributed by atoms with Crippen LogP contribution in [0, 0.1) is 10.1 Å². The number of H-pyrrole nitrogens is 1. The molecule has 0 unspecified atom stereocenters. The molecule has 1 rings (SSSR count). The Morgan fingerprint density at radius 3 is 2.80 bits per heavy atom. The van der Waals surface area contributed by atoms with Crippen LogP contribution in [-0.2, 0) is 0 Å². The average Bonchev–Trinajstić information content (AvgIpc) is 1.88. The number of pyridine rings is 1. The highest BCUT2D eigenvalue weighted by Crippen LogP contribution is 2.10. The number of hydrogen-bond donors (Lipinski definition) is 0. The molecule has 10 heavy (non-hydrogen) atoms. The monoisotopic (exact) mass is 159 g/mol. The summed E-state index contributed by atoms with van der Waals surface area (Å²) in [6, 6.07) is 2.59. The van der Waals surface area contributed by atoms with E-state index in [2.05, 4.69) is 4.98 Å². The highest BCUT2D eigenvalue weighted by molar-refractivity contribution is 6.28. The first-order valence-corrected chi connectivity index (χ1v) is 2.89. The molecule has 0 bridgehead atoms. The van der Waals surface area contributed by atoms with E-state index >= 15 is 0 Å². The maximum Gasteiger partial charge on any atom is 0.283 e. The van der Waals surface area contributed by atoms with Gasteiger partial charge < -0.3 is 0 Å². The molecule has 0 aromatic carbocycles. The highest BCUT2D eigenvalue weighted by atomic mass is 35.5. The number of nitrogens with one attached hydrogen (secondary N) is 1. The second-order valence-electron chi connectivity index (χ2n) is 1.65. The second-order valence-corrected chi connectivity index (χ2v) is 2.06. The van der Waals surface area contributed by atoms with Crippen LogP contribution in [-0.4, -0.2) is 4.92 Å². The zero-order chi connectivity index (χ0) is 7.56. The predicted molar refractivity (Wildman–Crippen MR) is 34.7 cm³/mol. The highest BCUT2D eigenvalue weighted by Gasteiger charge is 2.07. The maximum absolute atomic E-state index is 10.1. The summed E-state index contributed by atoms with van der Waals surface area (Å²) in [6.07, 6.45) is 1.42. The summed E-state index contributed by atoms with van der Waals surface area (Å²) in [7, 11) is 0. The van der Waals surface area contributed by atoms with E-state index in [9.17, 15) is 10.1 Å². The lowest BCUT2D eigenvalue weighted by Gasteiger charge is -1.84. The quantitative estimate of drug-likeness (QED) is 0.350. The van der Waals surface area contributed by atoms with Gasteiger partial charge in [-0.05, 0) is 11.6 Å². The molecule has 52 valence electrons. The van der Waals surface area contributed by atoms with Gasteiger partial charge in [-0.15, -0.1) is 0 Å². The Balaban J connectivity index is 3.07. The fourth-order valence-corrected chi connectivity index (χ4v) is 0.715. The molecule has 0 aliphatic heterocycles. The van der Waals surface area contributed by atoms with Gasteiger partial charge in [-0.25, -0.2) is 4.98 Å². The normalized spacial score (nSPS) is 9.30. The third-order valence-electron chi connectivity index (χ3n) is 0.961. The van der Waals surface area contributed by atoms with Crippen LogP contribution < -0.4 is 4.98 Å². The Morgan fingerprint density at radius 1 is 1.70 bits per heavy atom. The van der Waals surface area contributed by atoms with Gasteiger partial charge in [0.1, 0.15) is 6.07 Å². The molecule has 0 aliphatic rings. The SMILES string of the molecule is O=[N+]([O-])c1cc[nH+]c(Cl)c1. The van der Waals surface area contributed by atoms with Crippen molar-refractivity contribution in [3.63, 3.8) is 0 Å². The van der Waals surface area contributed by atoms with Gasteiger partial charge >= 0.3 is 0 Å². The fourth-order valence-electron chi connectivity index (χ4n) is 0.540. The summed E-state index contributed by atoms with van der Waals surface area (Å²) in [5.74, 6) is 0. The number of aromatic amines is 1. The molecule has 0 aliphatic carbocycles. The van der Waals surface area contributed by atoms with Crippen LogP contribution in [0.2, 0.25) is 5.15 Å². The van der Waals surface area contributed by atoms with Gasteiger partial charge in [-0.1, -0.05) is 0 Å². The molecule has 1 heterocycles. The van der Waals surface area contributed by atoms with E-state index in [1.807, 2.05) is 0 Å². The number of rotatable bonds is 1. The number of hydrogen-bond acceptors (Lipinski definition) is 2. The molecule has 0 amide bonds. The average molecular weight is 160 g/mol. The van der Waals surface area contributed by atoms with Crippen molar-refractivity contribution in [3.8, 4) is 0 Å². The van der Waals surface area contributed by atoms with Crippen LogP contribution in [0.25, 0.3) is 0 Å². The van der Waals surface area contributed by atoms with Gasteiger partial charge in [0.2, 0.25) is 0 Å². The molecule has 0 spiro atoms. The summed E-state index contributed by atoms with van der Waals surface area (Å²) in [5.41, 5.74) is -0.0104. The first-order valence-electron chi connectivity index (χ1n) is 2.52. The minimum Gasteiger partial charge on any atom is -0.258 e. The fraction of sp³-hybridized carbons (Fsp3) is 0. The van der Waals surface area contributed by atoms with E-state index in [1.165, 1.54) is 18.3 Å². The third-order valence-corrected chi connectivity index (χ3v) is 1.18. The molecule has 0 radical (unpaired) electrons. The summed E-state index contributed by atoms with van der Waals surface area (Å²) in [5, 5.41) is 10.3. The molecule has 0 saturated carbocycles. The van der Waals surface area contributed by atoms with E-state index in [-0.39, 0.29) is 10.8 Å². The first-order chi connectivity index (χ1) is 4.70. The molecule has 1 aromatic rings. The standard InChI is InChI=1S/C5H3ClN2O2/c6-5-3-4(8(9)10)1-2-7-5/h1-3H/p+1. The van der Waals surface area contributed by atoms with E-state index in [0.717, 1.165) is 0 Å². The smallest absolute Gasteiger partial charge is 0.258 e. The molecular formula is C5H4ClN2O2+. The van der Waals surface area contributed by atoms with Gasteiger partial charge in [-0.2, -0.15) is 0 Å². The molecule has 0 saturated heterocycles. The van der Waals surface area contributed by atoms with Crippen LogP contribution in [0.4, 0.5) is 5.69 Å². The van der Waals surface area contributed by atoms with Crippen molar-refractivity contribution in [2.75, 3.05) is 0 Å². The van der Waals surface area contributed by atoms with Gasteiger partial charge in [-0.3, -0.25) is 10.1 Å². The van der Waals surface area contributed by atoms with E-state index in [0.29, 0.717) is 0 Å². The number of aromatic nitrogens is 1. The van der Waals surface area contributed by atoms with Crippen molar-refractivity contribution in [3.05, 3.63) is 33.6 Å². The molecule has 5 heteroatoms. The Morgan fingerprint density at radius 2 is 2.40 bits per heavy atom. The van der Waals surface area contributed by atoms with Crippen LogP contribution in [0.1, 0.15) is 0 Å². The van der Waals surface area contributed by atoms with Crippen molar-refractivity contribution in [1.29, 1.82) is 0 Å². The van der Waals surface area contributed by atoms with Crippen molar-refractivity contribution < 1.29 is 9.91 Å². The summed E-state index contributed by atoms with van der Waals surface area (Å²) < 4.78 is 0. The van der Waals surface area contributed by atoms with Crippen LogP contribution in [0.5, 0.6) is 0 Å². The predicted octanol–water partition coefficient (Wildman–Crippen LogP) is 1.06. The zero-order valence-electron chi connectivity index (χ0n) is 4.87. The topological polar surface area (TPSA) is 57.3 Å². The van der Waals surface area contributed by atoms with Crippen molar-refractivity contribution >= 4 is 17.3 Å². The molecule has 1 aromatic heterocycles. The molecule has 0 fully saturated rings. The van der Waals surface area contributed by atoms with Crippen LogP contribution in [0.15, 0.2) is 18.3 Å². The van der Waals surface area contributed by atoms with E-state index in [4.69, 9.17) is 11.6 Å². The van der Waals surface area contributed by atoms with Gasteiger partial charge in [0.15, 0.2) is 6.20 Å². The summed E-state index contributed by atoms with van der Waals surface area (Å²) in [6.45, 7) is 0. The summed E-state index contributed by atoms with van der Waals surface area (Å²) >= 11 is 5.43. The number of halogens is 1. The molecule has 0 atom stereocenters. The van der Waals surface area contributed by atoms with Crippen LogP contribution in [0.3, 0.4) is 0 Å². The van der Waals surface area contributed by atoms with Crippen molar-refractivity contribution in [2.24, 2.45) is 0 Å². The van der Waals surface area contributed by atoms with E-state index < -0.39 is 4.92 Å². The zero-order valence-corrected chi connectivity index (χ0v) is 5.63. The first kappa shape index (κ1) is 6.95. The Hall–Kier alpha value is -1.16. The minimum absolute atomic E-state index is 0.0104. The summed E-state index contributed by atoms with van der Waals surface area (Å²) in [4.78, 5) is 12.2. The largest absolute Gasteiger partial charge is 0.283 e. The molecule has 1 N–H and O–H groups in total. The lowest BCUT2D eigenvalue weighted by atomic mass is 10.4. The van der Waals surface area contributed by atoms with E-state index in [1.54, 1.807) is 0 Å². The Bertz CT molecular complexity index is 264. The van der Waals surface area contributed by atoms with Crippen molar-refractivity contribution in [2.45, 2.75) is 0 Å².